The molecule has 5 nitrogen and oxygen atoms in total. The lowest BCUT2D eigenvalue weighted by Crippen LogP contribution is -2.26. The van der Waals surface area contributed by atoms with Crippen LogP contribution in [0.3, 0.4) is 0 Å². The van der Waals surface area contributed by atoms with E-state index in [1.807, 2.05) is 63.2 Å². The third kappa shape index (κ3) is 4.19. The summed E-state index contributed by atoms with van der Waals surface area (Å²) in [5.74, 6) is -0.442. The number of hydrogen-bond donors (Lipinski definition) is 0. The van der Waals surface area contributed by atoms with Gasteiger partial charge in [-0.25, -0.2) is 9.59 Å². The Hall–Kier alpha value is -3.08. The summed E-state index contributed by atoms with van der Waals surface area (Å²) in [6.07, 6.45) is 1.83. The second kappa shape index (κ2) is 7.27. The maximum atomic E-state index is 12.6. The monoisotopic (exact) mass is 365 g/mol. The van der Waals surface area contributed by atoms with Crippen LogP contribution in [0.5, 0.6) is 0 Å². The van der Waals surface area contributed by atoms with E-state index in [0.29, 0.717) is 17.5 Å². The minimum Gasteiger partial charge on any atom is -0.465 e. The average Bonchev–Trinajstić information content (AvgIpc) is 3.05. The molecule has 3 rings (SSSR count). The molecule has 2 aromatic carbocycles. The van der Waals surface area contributed by atoms with Crippen molar-refractivity contribution < 1.29 is 19.1 Å². The Kier molecular flexibility index (Phi) is 5.04. The van der Waals surface area contributed by atoms with Crippen LogP contribution in [-0.4, -0.2) is 29.3 Å². The molecule has 0 spiro atoms. The van der Waals surface area contributed by atoms with Crippen LogP contribution >= 0.6 is 0 Å². The largest absolute Gasteiger partial charge is 0.465 e. The van der Waals surface area contributed by atoms with Gasteiger partial charge in [0.25, 0.3) is 0 Å². The third-order valence-electron chi connectivity index (χ3n) is 4.14. The summed E-state index contributed by atoms with van der Waals surface area (Å²) in [6, 6.07) is 15.3. The number of benzene rings is 2. The van der Waals surface area contributed by atoms with Crippen LogP contribution in [0.1, 0.15) is 42.3 Å². The van der Waals surface area contributed by atoms with E-state index in [1.165, 1.54) is 11.7 Å². The molecule has 0 amide bonds. The van der Waals surface area contributed by atoms with E-state index in [-0.39, 0.29) is 0 Å². The zero-order valence-corrected chi connectivity index (χ0v) is 16.0. The van der Waals surface area contributed by atoms with Crippen molar-refractivity contribution in [3.05, 3.63) is 71.4 Å². The molecule has 1 heterocycles. The number of rotatable bonds is 3. The number of methoxy groups -OCH3 is 1. The smallest absolute Gasteiger partial charge is 0.418 e. The highest BCUT2D eigenvalue weighted by molar-refractivity contribution is 5.98. The van der Waals surface area contributed by atoms with Crippen molar-refractivity contribution in [2.24, 2.45) is 0 Å². The van der Waals surface area contributed by atoms with Gasteiger partial charge in [-0.05, 0) is 56.5 Å². The van der Waals surface area contributed by atoms with E-state index in [4.69, 9.17) is 9.47 Å². The van der Waals surface area contributed by atoms with Crippen LogP contribution in [0, 0.1) is 0 Å². The van der Waals surface area contributed by atoms with Gasteiger partial charge >= 0.3 is 12.1 Å². The fourth-order valence-electron chi connectivity index (χ4n) is 2.99. The Balaban J connectivity index is 2.12. The van der Waals surface area contributed by atoms with Crippen LogP contribution in [0.4, 0.5) is 4.79 Å². The van der Waals surface area contributed by atoms with Gasteiger partial charge in [-0.3, -0.25) is 4.57 Å². The highest BCUT2D eigenvalue weighted by Gasteiger charge is 2.21. The van der Waals surface area contributed by atoms with Crippen LogP contribution in [0.2, 0.25) is 0 Å². The van der Waals surface area contributed by atoms with Gasteiger partial charge in [-0.2, -0.15) is 0 Å². The SMILES string of the molecule is COC(=O)c1cc(Cc2ccccc2)c2ccn(C(=O)OC(C)(C)C)c2c1. The number of ether oxygens (including phenoxy) is 2. The number of aromatic nitrogens is 1. The van der Waals surface area contributed by atoms with Crippen LogP contribution in [0.25, 0.3) is 10.9 Å². The van der Waals surface area contributed by atoms with Gasteiger partial charge in [0.15, 0.2) is 0 Å². The second-order valence-electron chi connectivity index (χ2n) is 7.39. The molecule has 0 aliphatic rings. The predicted molar refractivity (Wildman–Crippen MR) is 104 cm³/mol. The lowest BCUT2D eigenvalue weighted by molar-refractivity contribution is 0.0541. The number of carbonyl (C=O) groups is 2. The van der Waals surface area contributed by atoms with Crippen molar-refractivity contribution in [3.8, 4) is 0 Å². The van der Waals surface area contributed by atoms with Crippen molar-refractivity contribution in [1.82, 2.24) is 4.57 Å². The summed E-state index contributed by atoms with van der Waals surface area (Å²) in [5.41, 5.74) is 2.48. The molecule has 3 aromatic rings. The summed E-state index contributed by atoms with van der Waals surface area (Å²) in [7, 11) is 1.34. The lowest BCUT2D eigenvalue weighted by atomic mass is 9.99. The molecule has 0 atom stereocenters. The number of carbonyl (C=O) groups excluding carboxylic acids is 2. The topological polar surface area (TPSA) is 57.5 Å². The number of fused-ring (bicyclic) bond motifs is 1. The average molecular weight is 365 g/mol. The van der Waals surface area contributed by atoms with E-state index < -0.39 is 17.7 Å². The second-order valence-corrected chi connectivity index (χ2v) is 7.39. The maximum Gasteiger partial charge on any atom is 0.418 e. The van der Waals surface area contributed by atoms with E-state index in [0.717, 1.165) is 16.5 Å². The van der Waals surface area contributed by atoms with E-state index >= 15 is 0 Å². The molecule has 0 saturated heterocycles. The van der Waals surface area contributed by atoms with Crippen molar-refractivity contribution in [1.29, 1.82) is 0 Å². The summed E-state index contributed by atoms with van der Waals surface area (Å²) in [4.78, 5) is 24.7. The van der Waals surface area contributed by atoms with Gasteiger partial charge in [-0.1, -0.05) is 30.3 Å². The first-order chi connectivity index (χ1) is 12.8. The maximum absolute atomic E-state index is 12.6. The van der Waals surface area contributed by atoms with Gasteiger partial charge in [0, 0.05) is 11.6 Å². The summed E-state index contributed by atoms with van der Waals surface area (Å²) in [5, 5.41) is 0.900. The molecular formula is C22H23NO4. The molecular weight excluding hydrogens is 342 g/mol. The molecule has 0 aliphatic carbocycles. The Morgan fingerprint density at radius 3 is 2.37 bits per heavy atom. The molecule has 27 heavy (non-hydrogen) atoms. The zero-order chi connectivity index (χ0) is 19.6. The summed E-state index contributed by atoms with van der Waals surface area (Å²) >= 11 is 0. The number of nitrogens with zero attached hydrogens (tertiary/aromatic N) is 1. The zero-order valence-electron chi connectivity index (χ0n) is 16.0. The number of hydrogen-bond acceptors (Lipinski definition) is 4. The first kappa shape index (κ1) is 18.7. The van der Waals surface area contributed by atoms with Crippen LogP contribution in [-0.2, 0) is 15.9 Å². The predicted octanol–water partition coefficient (Wildman–Crippen LogP) is 4.80. The standard InChI is InChI=1S/C22H23NO4/c1-22(2,3)27-21(25)23-11-10-18-16(12-15-8-6-5-7-9-15)13-17(14-19(18)23)20(24)26-4/h5-11,13-14H,12H2,1-4H3. The quantitative estimate of drug-likeness (QED) is 0.626. The first-order valence-corrected chi connectivity index (χ1v) is 8.78. The molecule has 0 radical (unpaired) electrons. The Morgan fingerprint density at radius 2 is 1.74 bits per heavy atom. The molecule has 0 bridgehead atoms. The summed E-state index contributed by atoms with van der Waals surface area (Å²) < 4.78 is 11.8. The Bertz CT molecular complexity index is 981. The fourth-order valence-corrected chi connectivity index (χ4v) is 2.99. The molecule has 5 heteroatoms. The van der Waals surface area contributed by atoms with Gasteiger partial charge in [-0.15, -0.1) is 0 Å². The van der Waals surface area contributed by atoms with Crippen molar-refractivity contribution in [3.63, 3.8) is 0 Å². The van der Waals surface area contributed by atoms with Gasteiger partial charge < -0.3 is 9.47 Å². The van der Waals surface area contributed by atoms with E-state index in [9.17, 15) is 9.59 Å². The van der Waals surface area contributed by atoms with E-state index in [2.05, 4.69) is 0 Å². The van der Waals surface area contributed by atoms with Crippen molar-refractivity contribution in [2.45, 2.75) is 32.8 Å². The Morgan fingerprint density at radius 1 is 1.04 bits per heavy atom. The molecule has 0 aliphatic heterocycles. The van der Waals surface area contributed by atoms with E-state index in [1.54, 1.807) is 12.3 Å². The molecule has 0 unspecified atom stereocenters. The lowest BCUT2D eigenvalue weighted by Gasteiger charge is -2.20. The molecule has 140 valence electrons. The summed E-state index contributed by atoms with van der Waals surface area (Å²) in [6.45, 7) is 5.45. The minimum absolute atomic E-state index is 0.402. The van der Waals surface area contributed by atoms with Crippen molar-refractivity contribution in [2.75, 3.05) is 7.11 Å². The number of esters is 1. The minimum atomic E-state index is -0.611. The first-order valence-electron chi connectivity index (χ1n) is 8.78. The van der Waals surface area contributed by atoms with Crippen LogP contribution < -0.4 is 0 Å². The Labute approximate surface area is 158 Å². The normalized spacial score (nSPS) is 11.4. The van der Waals surface area contributed by atoms with Crippen LogP contribution in [0.15, 0.2) is 54.7 Å². The van der Waals surface area contributed by atoms with Gasteiger partial charge in [0.05, 0.1) is 18.2 Å². The van der Waals surface area contributed by atoms with Crippen molar-refractivity contribution >= 4 is 23.0 Å². The van der Waals surface area contributed by atoms with Gasteiger partial charge in [0.1, 0.15) is 5.60 Å². The molecule has 0 fully saturated rings. The fraction of sp³-hybridized carbons (Fsp3) is 0.273. The third-order valence-corrected chi connectivity index (χ3v) is 4.14. The molecule has 1 aromatic heterocycles. The molecule has 0 N–H and O–H groups in total. The highest BCUT2D eigenvalue weighted by atomic mass is 16.6. The highest BCUT2D eigenvalue weighted by Crippen LogP contribution is 2.26. The molecule has 0 saturated carbocycles. The van der Waals surface area contributed by atoms with Gasteiger partial charge in [0.2, 0.25) is 0 Å².